The molecule has 15 heavy (non-hydrogen) atoms. The van der Waals surface area contributed by atoms with Gasteiger partial charge in [0, 0.05) is 0 Å². The van der Waals surface area contributed by atoms with Gasteiger partial charge in [-0.15, -0.1) is 0 Å². The number of fused-ring (bicyclic) bond motifs is 1. The number of carboxylic acid groups (broad SMARTS) is 1. The molecule has 0 aromatic heterocycles. The van der Waals surface area contributed by atoms with E-state index in [0.717, 1.165) is 22.4 Å². The van der Waals surface area contributed by atoms with Gasteiger partial charge < -0.3 is 14.6 Å². The predicted octanol–water partition coefficient (Wildman–Crippen LogP) is 1.66. The summed E-state index contributed by atoms with van der Waals surface area (Å²) in [5.41, 5.74) is 2.70. The van der Waals surface area contributed by atoms with Gasteiger partial charge in [-0.1, -0.05) is 0 Å². The van der Waals surface area contributed by atoms with Crippen molar-refractivity contribution in [2.75, 3.05) is 6.79 Å². The standard InChI is InChI=1S/C11H12O4/c1-6-7(2)11-9(14-5-15-11)3-8(6)4-10(12)13/h3H,4-5H2,1-2H3,(H,12,13). The van der Waals surface area contributed by atoms with E-state index < -0.39 is 5.97 Å². The molecule has 0 fully saturated rings. The first-order valence-corrected chi connectivity index (χ1v) is 4.70. The van der Waals surface area contributed by atoms with E-state index >= 15 is 0 Å². The van der Waals surface area contributed by atoms with Gasteiger partial charge in [-0.25, -0.2) is 0 Å². The Hall–Kier alpha value is -1.71. The molecule has 1 aromatic carbocycles. The zero-order valence-electron chi connectivity index (χ0n) is 8.66. The van der Waals surface area contributed by atoms with Crippen LogP contribution in [0.1, 0.15) is 16.7 Å². The lowest BCUT2D eigenvalue weighted by Gasteiger charge is -2.09. The summed E-state index contributed by atoms with van der Waals surface area (Å²) in [6, 6.07) is 1.75. The number of carbonyl (C=O) groups is 1. The van der Waals surface area contributed by atoms with Gasteiger partial charge in [-0.2, -0.15) is 0 Å². The third-order valence-corrected chi connectivity index (χ3v) is 2.67. The summed E-state index contributed by atoms with van der Waals surface area (Å²) < 4.78 is 10.5. The number of hydrogen-bond acceptors (Lipinski definition) is 3. The summed E-state index contributed by atoms with van der Waals surface area (Å²) in [6.45, 7) is 4.02. The molecular weight excluding hydrogens is 196 g/mol. The van der Waals surface area contributed by atoms with Crippen LogP contribution >= 0.6 is 0 Å². The molecule has 0 unspecified atom stereocenters. The minimum absolute atomic E-state index is 0.0172. The predicted molar refractivity (Wildman–Crippen MR) is 53.4 cm³/mol. The van der Waals surface area contributed by atoms with Crippen LogP contribution in [0, 0.1) is 13.8 Å². The third-order valence-electron chi connectivity index (χ3n) is 2.67. The summed E-state index contributed by atoms with van der Waals surface area (Å²) in [4.78, 5) is 10.7. The van der Waals surface area contributed by atoms with E-state index in [1.807, 2.05) is 13.8 Å². The fourth-order valence-electron chi connectivity index (χ4n) is 1.71. The highest BCUT2D eigenvalue weighted by Gasteiger charge is 2.20. The highest BCUT2D eigenvalue weighted by atomic mass is 16.7. The number of rotatable bonds is 2. The van der Waals surface area contributed by atoms with Crippen molar-refractivity contribution < 1.29 is 19.4 Å². The van der Waals surface area contributed by atoms with Crippen LogP contribution in [0.5, 0.6) is 11.5 Å². The van der Waals surface area contributed by atoms with Crippen molar-refractivity contribution in [3.63, 3.8) is 0 Å². The van der Waals surface area contributed by atoms with Crippen LogP contribution in [-0.4, -0.2) is 17.9 Å². The van der Waals surface area contributed by atoms with E-state index in [2.05, 4.69) is 0 Å². The second-order valence-electron chi connectivity index (χ2n) is 3.59. The Kier molecular flexibility index (Phi) is 2.26. The summed E-state index contributed by atoms with van der Waals surface area (Å²) in [5, 5.41) is 8.76. The molecule has 1 aromatic rings. The average Bonchev–Trinajstić information content (AvgIpc) is 2.61. The molecule has 1 N–H and O–H groups in total. The molecule has 0 radical (unpaired) electrons. The molecule has 2 rings (SSSR count). The molecule has 1 aliphatic heterocycles. The Morgan fingerprint density at radius 2 is 2.13 bits per heavy atom. The molecule has 0 bridgehead atoms. The van der Waals surface area contributed by atoms with Crippen LogP contribution in [-0.2, 0) is 11.2 Å². The van der Waals surface area contributed by atoms with Gasteiger partial charge in [-0.3, -0.25) is 4.79 Å². The van der Waals surface area contributed by atoms with Gasteiger partial charge >= 0.3 is 5.97 Å². The smallest absolute Gasteiger partial charge is 0.307 e. The van der Waals surface area contributed by atoms with E-state index in [-0.39, 0.29) is 13.2 Å². The van der Waals surface area contributed by atoms with E-state index in [0.29, 0.717) is 5.75 Å². The largest absolute Gasteiger partial charge is 0.481 e. The van der Waals surface area contributed by atoms with Crippen LogP contribution in [0.4, 0.5) is 0 Å². The van der Waals surface area contributed by atoms with E-state index in [9.17, 15) is 4.79 Å². The summed E-state index contributed by atoms with van der Waals surface area (Å²) in [7, 11) is 0. The highest BCUT2D eigenvalue weighted by Crippen LogP contribution is 2.38. The van der Waals surface area contributed by atoms with Gasteiger partial charge in [0.2, 0.25) is 6.79 Å². The first-order valence-electron chi connectivity index (χ1n) is 4.70. The molecule has 0 spiro atoms. The fourth-order valence-corrected chi connectivity index (χ4v) is 1.71. The monoisotopic (exact) mass is 208 g/mol. The molecule has 0 amide bonds. The molecular formula is C11H12O4. The molecule has 1 heterocycles. The van der Waals surface area contributed by atoms with E-state index in [1.54, 1.807) is 6.07 Å². The van der Waals surface area contributed by atoms with Crippen molar-refractivity contribution >= 4 is 5.97 Å². The lowest BCUT2D eigenvalue weighted by molar-refractivity contribution is -0.136. The van der Waals surface area contributed by atoms with Gasteiger partial charge in [0.15, 0.2) is 11.5 Å². The van der Waals surface area contributed by atoms with Crippen LogP contribution in [0.25, 0.3) is 0 Å². The van der Waals surface area contributed by atoms with Crippen molar-refractivity contribution in [1.82, 2.24) is 0 Å². The second kappa shape index (κ2) is 3.46. The quantitative estimate of drug-likeness (QED) is 0.803. The molecule has 0 aliphatic carbocycles. The minimum atomic E-state index is -0.837. The topological polar surface area (TPSA) is 55.8 Å². The maximum atomic E-state index is 10.7. The summed E-state index contributed by atoms with van der Waals surface area (Å²) in [6.07, 6.45) is 0.0172. The Balaban J connectivity index is 2.49. The fraction of sp³-hybridized carbons (Fsp3) is 0.364. The van der Waals surface area contributed by atoms with Crippen LogP contribution in [0.2, 0.25) is 0 Å². The maximum Gasteiger partial charge on any atom is 0.307 e. The molecule has 0 saturated carbocycles. The molecule has 4 heteroatoms. The Bertz CT molecular complexity index is 423. The van der Waals surface area contributed by atoms with Crippen molar-refractivity contribution in [3.05, 3.63) is 22.8 Å². The Morgan fingerprint density at radius 1 is 1.40 bits per heavy atom. The van der Waals surface area contributed by atoms with E-state index in [4.69, 9.17) is 14.6 Å². The average molecular weight is 208 g/mol. The van der Waals surface area contributed by atoms with Gasteiger partial charge in [0.25, 0.3) is 0 Å². The Morgan fingerprint density at radius 3 is 2.80 bits per heavy atom. The van der Waals surface area contributed by atoms with Gasteiger partial charge in [0.1, 0.15) is 0 Å². The maximum absolute atomic E-state index is 10.7. The number of ether oxygens (including phenoxy) is 2. The highest BCUT2D eigenvalue weighted by molar-refractivity contribution is 5.72. The summed E-state index contributed by atoms with van der Waals surface area (Å²) in [5.74, 6) is 0.548. The van der Waals surface area contributed by atoms with Crippen molar-refractivity contribution in [2.24, 2.45) is 0 Å². The van der Waals surface area contributed by atoms with Crippen LogP contribution < -0.4 is 9.47 Å². The van der Waals surface area contributed by atoms with Crippen LogP contribution in [0.15, 0.2) is 6.07 Å². The van der Waals surface area contributed by atoms with Crippen molar-refractivity contribution in [1.29, 1.82) is 0 Å². The SMILES string of the molecule is Cc1c(CC(=O)O)cc2c(c1C)OCO2. The van der Waals surface area contributed by atoms with E-state index in [1.165, 1.54) is 0 Å². The second-order valence-corrected chi connectivity index (χ2v) is 3.59. The molecule has 80 valence electrons. The van der Waals surface area contributed by atoms with Gasteiger partial charge in [0.05, 0.1) is 6.42 Å². The molecule has 1 aliphatic rings. The van der Waals surface area contributed by atoms with Crippen molar-refractivity contribution in [3.8, 4) is 11.5 Å². The van der Waals surface area contributed by atoms with Crippen molar-refractivity contribution in [2.45, 2.75) is 20.3 Å². The summed E-state index contributed by atoms with van der Waals surface area (Å²) >= 11 is 0. The number of aliphatic carboxylic acids is 1. The first-order chi connectivity index (χ1) is 7.09. The normalized spacial score (nSPS) is 12.9. The number of hydrogen-bond donors (Lipinski definition) is 1. The minimum Gasteiger partial charge on any atom is -0.481 e. The number of benzene rings is 1. The van der Waals surface area contributed by atoms with Gasteiger partial charge in [-0.05, 0) is 36.6 Å². The lowest BCUT2D eigenvalue weighted by atomic mass is 9.99. The Labute approximate surface area is 87.4 Å². The molecule has 0 saturated heterocycles. The molecule has 4 nitrogen and oxygen atoms in total. The third kappa shape index (κ3) is 1.63. The molecule has 0 atom stereocenters. The number of carboxylic acids is 1. The lowest BCUT2D eigenvalue weighted by Crippen LogP contribution is -2.03. The zero-order chi connectivity index (χ0) is 11.0. The van der Waals surface area contributed by atoms with Crippen LogP contribution in [0.3, 0.4) is 0 Å². The first kappa shape index (κ1) is 9.83. The zero-order valence-corrected chi connectivity index (χ0v) is 8.66.